The summed E-state index contributed by atoms with van der Waals surface area (Å²) >= 11 is 0. The second kappa shape index (κ2) is 7.64. The first-order valence-corrected chi connectivity index (χ1v) is 8.06. The van der Waals surface area contributed by atoms with Gasteiger partial charge in [-0.2, -0.15) is 0 Å². The maximum Gasteiger partial charge on any atom is 0.407 e. The zero-order valence-corrected chi connectivity index (χ0v) is 14.1. The highest BCUT2D eigenvalue weighted by Gasteiger charge is 2.16. The molecule has 2 N–H and O–H groups in total. The molecule has 0 saturated carbocycles. The molecule has 128 valence electrons. The first kappa shape index (κ1) is 17.5. The molecule has 0 radical (unpaired) electrons. The molecule has 1 aliphatic heterocycles. The molecule has 0 aromatic heterocycles. The third kappa shape index (κ3) is 5.71. The first-order chi connectivity index (χ1) is 10.8. The number of rotatable bonds is 4. The van der Waals surface area contributed by atoms with E-state index in [0.717, 1.165) is 31.7 Å². The summed E-state index contributed by atoms with van der Waals surface area (Å²) in [5.41, 5.74) is 0.994. The Bertz CT molecular complexity index is 537. The predicted molar refractivity (Wildman–Crippen MR) is 89.4 cm³/mol. The van der Waals surface area contributed by atoms with Gasteiger partial charge in [0.2, 0.25) is 0 Å². The molecular formula is C17H26FN3O2. The summed E-state index contributed by atoms with van der Waals surface area (Å²) in [5, 5.41) is 5.94. The summed E-state index contributed by atoms with van der Waals surface area (Å²) in [4.78, 5) is 13.6. The molecule has 0 atom stereocenters. The molecule has 6 heteroatoms. The minimum atomic E-state index is -0.513. The van der Waals surface area contributed by atoms with Crippen molar-refractivity contribution in [3.63, 3.8) is 0 Å². The number of carbonyl (C=O) groups excluding carboxylic acids is 1. The van der Waals surface area contributed by atoms with E-state index in [-0.39, 0.29) is 5.82 Å². The van der Waals surface area contributed by atoms with E-state index in [9.17, 15) is 9.18 Å². The maximum absolute atomic E-state index is 14.3. The summed E-state index contributed by atoms with van der Waals surface area (Å²) in [6.45, 7) is 9.25. The fraction of sp³-hybridized carbons (Fsp3) is 0.588. The first-order valence-electron chi connectivity index (χ1n) is 8.06. The van der Waals surface area contributed by atoms with Crippen LogP contribution in [-0.4, -0.2) is 44.4 Å². The van der Waals surface area contributed by atoms with Crippen molar-refractivity contribution >= 4 is 11.8 Å². The van der Waals surface area contributed by atoms with Gasteiger partial charge in [0.05, 0.1) is 5.69 Å². The van der Waals surface area contributed by atoms with Crippen LogP contribution in [0.25, 0.3) is 0 Å². The van der Waals surface area contributed by atoms with Gasteiger partial charge in [0.15, 0.2) is 0 Å². The van der Waals surface area contributed by atoms with Crippen molar-refractivity contribution in [2.24, 2.45) is 0 Å². The summed E-state index contributed by atoms with van der Waals surface area (Å²) in [7, 11) is 0. The average Bonchev–Trinajstić information content (AvgIpc) is 2.46. The number of amides is 1. The second-order valence-corrected chi connectivity index (χ2v) is 6.70. The van der Waals surface area contributed by atoms with E-state index in [0.29, 0.717) is 18.7 Å². The van der Waals surface area contributed by atoms with Crippen LogP contribution in [0.2, 0.25) is 0 Å². The van der Waals surface area contributed by atoms with E-state index in [1.165, 1.54) is 0 Å². The Morgan fingerprint density at radius 2 is 2.04 bits per heavy atom. The molecule has 0 spiro atoms. The van der Waals surface area contributed by atoms with Gasteiger partial charge in [-0.3, -0.25) is 0 Å². The normalized spacial score (nSPS) is 15.4. The van der Waals surface area contributed by atoms with Crippen molar-refractivity contribution in [3.8, 4) is 0 Å². The number of hydrogen-bond donors (Lipinski definition) is 2. The summed E-state index contributed by atoms with van der Waals surface area (Å²) in [6.07, 6.45) is 0.119. The smallest absolute Gasteiger partial charge is 0.407 e. The SMILES string of the molecule is CC(C)(C)OC(=O)NCCc1ccc(N2CCNCC2)c(F)c1. The lowest BCUT2D eigenvalue weighted by Crippen LogP contribution is -2.43. The quantitative estimate of drug-likeness (QED) is 0.893. The molecule has 1 heterocycles. The number of nitrogens with zero attached hydrogens (tertiary/aromatic N) is 1. The minimum Gasteiger partial charge on any atom is -0.444 e. The molecule has 2 rings (SSSR count). The number of alkyl carbamates (subject to hydrolysis) is 1. The van der Waals surface area contributed by atoms with Gasteiger partial charge in [0, 0.05) is 32.7 Å². The van der Waals surface area contributed by atoms with Crippen molar-refractivity contribution in [1.82, 2.24) is 10.6 Å². The van der Waals surface area contributed by atoms with E-state index < -0.39 is 11.7 Å². The summed E-state index contributed by atoms with van der Waals surface area (Å²) in [5.74, 6) is -0.207. The highest BCUT2D eigenvalue weighted by atomic mass is 19.1. The Balaban J connectivity index is 1.84. The third-order valence-electron chi connectivity index (χ3n) is 3.55. The number of carbonyl (C=O) groups is 1. The van der Waals surface area contributed by atoms with Crippen LogP contribution in [0.1, 0.15) is 26.3 Å². The number of ether oxygens (including phenoxy) is 1. The van der Waals surface area contributed by atoms with Crippen LogP contribution in [0.15, 0.2) is 18.2 Å². The van der Waals surface area contributed by atoms with Gasteiger partial charge < -0.3 is 20.3 Å². The van der Waals surface area contributed by atoms with Gasteiger partial charge in [0.25, 0.3) is 0 Å². The lowest BCUT2D eigenvalue weighted by Gasteiger charge is -2.29. The lowest BCUT2D eigenvalue weighted by molar-refractivity contribution is 0.0528. The predicted octanol–water partition coefficient (Wildman–Crippen LogP) is 2.30. The van der Waals surface area contributed by atoms with E-state index in [4.69, 9.17) is 4.74 Å². The number of benzene rings is 1. The van der Waals surface area contributed by atoms with Crippen LogP contribution in [0, 0.1) is 5.82 Å². The Hall–Kier alpha value is -1.82. The van der Waals surface area contributed by atoms with Gasteiger partial charge in [-0.25, -0.2) is 9.18 Å². The topological polar surface area (TPSA) is 53.6 Å². The van der Waals surface area contributed by atoms with Crippen LogP contribution in [0.3, 0.4) is 0 Å². The molecule has 1 aromatic rings. The second-order valence-electron chi connectivity index (χ2n) is 6.70. The monoisotopic (exact) mass is 323 g/mol. The zero-order valence-electron chi connectivity index (χ0n) is 14.1. The molecule has 0 aliphatic carbocycles. The molecule has 23 heavy (non-hydrogen) atoms. The zero-order chi connectivity index (χ0) is 16.9. The lowest BCUT2D eigenvalue weighted by atomic mass is 10.1. The Morgan fingerprint density at radius 1 is 1.35 bits per heavy atom. The number of piperazine rings is 1. The van der Waals surface area contributed by atoms with Gasteiger partial charge in [0.1, 0.15) is 11.4 Å². The van der Waals surface area contributed by atoms with Gasteiger partial charge in [-0.1, -0.05) is 6.07 Å². The fourth-order valence-corrected chi connectivity index (χ4v) is 2.49. The molecule has 1 saturated heterocycles. The van der Waals surface area contributed by atoms with Crippen LogP contribution < -0.4 is 15.5 Å². The standard InChI is InChI=1S/C17H26FN3O2/c1-17(2,3)23-16(22)20-7-6-13-4-5-15(14(18)12-13)21-10-8-19-9-11-21/h4-5,12,19H,6-11H2,1-3H3,(H,20,22). The molecule has 0 bridgehead atoms. The molecular weight excluding hydrogens is 297 g/mol. The van der Waals surface area contributed by atoms with Crippen molar-refractivity contribution in [2.45, 2.75) is 32.8 Å². The minimum absolute atomic E-state index is 0.207. The molecule has 1 aliphatic rings. The Morgan fingerprint density at radius 3 is 2.65 bits per heavy atom. The third-order valence-corrected chi connectivity index (χ3v) is 3.55. The van der Waals surface area contributed by atoms with Crippen molar-refractivity contribution in [3.05, 3.63) is 29.6 Å². The molecule has 1 amide bonds. The molecule has 5 nitrogen and oxygen atoms in total. The van der Waals surface area contributed by atoms with Crippen LogP contribution >= 0.6 is 0 Å². The van der Waals surface area contributed by atoms with Gasteiger partial charge in [-0.05, 0) is 44.9 Å². The van der Waals surface area contributed by atoms with Gasteiger partial charge >= 0.3 is 6.09 Å². The van der Waals surface area contributed by atoms with E-state index in [2.05, 4.69) is 15.5 Å². The average molecular weight is 323 g/mol. The molecule has 0 unspecified atom stereocenters. The van der Waals surface area contributed by atoms with E-state index >= 15 is 0 Å². The van der Waals surface area contributed by atoms with Gasteiger partial charge in [-0.15, -0.1) is 0 Å². The Kier molecular flexibility index (Phi) is 5.82. The van der Waals surface area contributed by atoms with Crippen LogP contribution in [0.5, 0.6) is 0 Å². The number of halogens is 1. The Labute approximate surface area is 137 Å². The van der Waals surface area contributed by atoms with Crippen molar-refractivity contribution in [2.75, 3.05) is 37.6 Å². The van der Waals surface area contributed by atoms with Crippen LogP contribution in [0.4, 0.5) is 14.9 Å². The van der Waals surface area contributed by atoms with Crippen molar-refractivity contribution < 1.29 is 13.9 Å². The number of nitrogens with one attached hydrogen (secondary N) is 2. The highest BCUT2D eigenvalue weighted by Crippen LogP contribution is 2.21. The number of anilines is 1. The number of hydrogen-bond acceptors (Lipinski definition) is 4. The highest BCUT2D eigenvalue weighted by molar-refractivity contribution is 5.67. The van der Waals surface area contributed by atoms with Crippen molar-refractivity contribution in [1.29, 1.82) is 0 Å². The molecule has 1 aromatic carbocycles. The summed E-state index contributed by atoms with van der Waals surface area (Å²) < 4.78 is 19.4. The molecule has 1 fully saturated rings. The maximum atomic E-state index is 14.3. The summed E-state index contributed by atoms with van der Waals surface area (Å²) in [6, 6.07) is 5.29. The van der Waals surface area contributed by atoms with Crippen LogP contribution in [-0.2, 0) is 11.2 Å². The van der Waals surface area contributed by atoms with E-state index in [1.54, 1.807) is 6.07 Å². The largest absolute Gasteiger partial charge is 0.444 e. The van der Waals surface area contributed by atoms with E-state index in [1.807, 2.05) is 32.9 Å². The fourth-order valence-electron chi connectivity index (χ4n) is 2.49.